The Kier molecular flexibility index (Phi) is 5.26. The van der Waals surface area contributed by atoms with Crippen LogP contribution in [0.5, 0.6) is 0 Å². The first-order valence-corrected chi connectivity index (χ1v) is 8.03. The minimum absolute atomic E-state index is 0.216. The molecule has 1 N–H and O–H groups in total. The van der Waals surface area contributed by atoms with E-state index in [1.807, 2.05) is 0 Å². The molecule has 3 unspecified atom stereocenters. The van der Waals surface area contributed by atoms with Crippen LogP contribution in [0.4, 0.5) is 0 Å². The Morgan fingerprint density at radius 1 is 1.16 bits per heavy atom. The van der Waals surface area contributed by atoms with Gasteiger partial charge in [0.1, 0.15) is 6.04 Å². The topological polar surface area (TPSA) is 40.5 Å². The first-order valence-electron chi connectivity index (χ1n) is 8.03. The fraction of sp³-hybridized carbons (Fsp3) is 0.938. The highest BCUT2D eigenvalue weighted by molar-refractivity contribution is 5.73. The number of carboxylic acids is 1. The van der Waals surface area contributed by atoms with Gasteiger partial charge in [0.05, 0.1) is 0 Å². The number of likely N-dealkylation sites (tertiary alicyclic amines) is 1. The van der Waals surface area contributed by atoms with Crippen LogP contribution in [0.2, 0.25) is 0 Å². The van der Waals surface area contributed by atoms with E-state index in [9.17, 15) is 9.90 Å². The van der Waals surface area contributed by atoms with Crippen LogP contribution in [0.25, 0.3) is 0 Å². The molecular formula is C16H29NO2. The molecule has 3 atom stereocenters. The number of carbonyl (C=O) groups is 1. The zero-order chi connectivity index (χ0) is 13.8. The Bertz CT molecular complexity index is 295. The first-order chi connectivity index (χ1) is 9.06. The third-order valence-corrected chi connectivity index (χ3v) is 5.00. The molecule has 0 aromatic heterocycles. The Labute approximate surface area is 117 Å². The summed E-state index contributed by atoms with van der Waals surface area (Å²) in [5, 5.41) is 9.29. The summed E-state index contributed by atoms with van der Waals surface area (Å²) < 4.78 is 0. The van der Waals surface area contributed by atoms with Gasteiger partial charge in [0.2, 0.25) is 0 Å². The maximum Gasteiger partial charge on any atom is 0.320 e. The van der Waals surface area contributed by atoms with Gasteiger partial charge >= 0.3 is 5.97 Å². The molecule has 110 valence electrons. The smallest absolute Gasteiger partial charge is 0.320 e. The molecule has 0 radical (unpaired) electrons. The summed E-state index contributed by atoms with van der Waals surface area (Å²) in [7, 11) is 0. The largest absolute Gasteiger partial charge is 0.480 e. The Balaban J connectivity index is 1.81. The molecule has 3 nitrogen and oxygen atoms in total. The highest BCUT2D eigenvalue weighted by atomic mass is 16.4. The van der Waals surface area contributed by atoms with E-state index in [1.165, 1.54) is 32.1 Å². The van der Waals surface area contributed by atoms with E-state index >= 15 is 0 Å². The van der Waals surface area contributed by atoms with Crippen molar-refractivity contribution in [2.24, 2.45) is 17.8 Å². The van der Waals surface area contributed by atoms with Crippen molar-refractivity contribution in [3.8, 4) is 0 Å². The van der Waals surface area contributed by atoms with Crippen LogP contribution in [0.15, 0.2) is 0 Å². The summed E-state index contributed by atoms with van der Waals surface area (Å²) in [6.07, 6.45) is 8.33. The standard InChI is InChI=1S/C16H29NO2/c1-12-9-13(2)11-14(10-12)6-8-17-7-4-3-5-15(17)16(18)19/h12-15H,3-11H2,1-2H3,(H,18,19). The summed E-state index contributed by atoms with van der Waals surface area (Å²) in [5.41, 5.74) is 0. The molecule has 0 aromatic carbocycles. The van der Waals surface area contributed by atoms with Gasteiger partial charge in [0, 0.05) is 0 Å². The molecule has 19 heavy (non-hydrogen) atoms. The van der Waals surface area contributed by atoms with Crippen molar-refractivity contribution in [3.05, 3.63) is 0 Å². The van der Waals surface area contributed by atoms with Crippen LogP contribution in [-0.4, -0.2) is 35.1 Å². The van der Waals surface area contributed by atoms with E-state index in [1.54, 1.807) is 0 Å². The van der Waals surface area contributed by atoms with Gasteiger partial charge in [0.25, 0.3) is 0 Å². The number of carboxylic acid groups (broad SMARTS) is 1. The lowest BCUT2D eigenvalue weighted by Gasteiger charge is -2.36. The molecule has 1 aliphatic heterocycles. The molecule has 0 bridgehead atoms. The van der Waals surface area contributed by atoms with Crippen LogP contribution in [0.3, 0.4) is 0 Å². The van der Waals surface area contributed by atoms with Crippen molar-refractivity contribution < 1.29 is 9.90 Å². The minimum atomic E-state index is -0.620. The van der Waals surface area contributed by atoms with Crippen molar-refractivity contribution >= 4 is 5.97 Å². The minimum Gasteiger partial charge on any atom is -0.480 e. The van der Waals surface area contributed by atoms with Gasteiger partial charge in [-0.25, -0.2) is 0 Å². The Morgan fingerprint density at radius 2 is 1.84 bits per heavy atom. The fourth-order valence-electron chi connectivity index (χ4n) is 4.24. The van der Waals surface area contributed by atoms with Gasteiger partial charge in [-0.3, -0.25) is 9.69 Å². The van der Waals surface area contributed by atoms with Crippen LogP contribution >= 0.6 is 0 Å². The number of hydrogen-bond acceptors (Lipinski definition) is 2. The highest BCUT2D eigenvalue weighted by Crippen LogP contribution is 2.35. The van der Waals surface area contributed by atoms with Crippen LogP contribution in [0, 0.1) is 17.8 Å². The van der Waals surface area contributed by atoms with E-state index in [2.05, 4.69) is 18.7 Å². The summed E-state index contributed by atoms with van der Waals surface area (Å²) in [6, 6.07) is -0.216. The number of rotatable bonds is 4. The maximum absolute atomic E-state index is 11.3. The molecule has 0 amide bonds. The molecule has 1 saturated carbocycles. The van der Waals surface area contributed by atoms with Gasteiger partial charge < -0.3 is 5.11 Å². The van der Waals surface area contributed by atoms with Crippen LogP contribution in [-0.2, 0) is 4.79 Å². The van der Waals surface area contributed by atoms with E-state index in [4.69, 9.17) is 0 Å². The molecule has 1 saturated heterocycles. The third kappa shape index (κ3) is 4.20. The van der Waals surface area contributed by atoms with Crippen molar-refractivity contribution in [3.63, 3.8) is 0 Å². The van der Waals surface area contributed by atoms with E-state index in [0.717, 1.165) is 43.7 Å². The summed E-state index contributed by atoms with van der Waals surface area (Å²) in [5.74, 6) is 1.90. The molecule has 2 aliphatic rings. The van der Waals surface area contributed by atoms with Crippen molar-refractivity contribution in [1.29, 1.82) is 0 Å². The zero-order valence-electron chi connectivity index (χ0n) is 12.5. The van der Waals surface area contributed by atoms with Gasteiger partial charge in [0.15, 0.2) is 0 Å². The van der Waals surface area contributed by atoms with Crippen molar-refractivity contribution in [2.45, 2.75) is 64.8 Å². The lowest BCUT2D eigenvalue weighted by atomic mass is 9.75. The Hall–Kier alpha value is -0.570. The number of aliphatic carboxylic acids is 1. The Morgan fingerprint density at radius 3 is 2.47 bits per heavy atom. The van der Waals surface area contributed by atoms with Gasteiger partial charge in [-0.05, 0) is 69.4 Å². The second-order valence-electron chi connectivity index (χ2n) is 6.96. The average Bonchev–Trinajstić information content (AvgIpc) is 2.35. The van der Waals surface area contributed by atoms with E-state index < -0.39 is 5.97 Å². The lowest BCUT2D eigenvalue weighted by Crippen LogP contribution is -2.45. The van der Waals surface area contributed by atoms with E-state index in [-0.39, 0.29) is 6.04 Å². The molecule has 1 aliphatic carbocycles. The van der Waals surface area contributed by atoms with Gasteiger partial charge in [-0.2, -0.15) is 0 Å². The molecule has 0 spiro atoms. The summed E-state index contributed by atoms with van der Waals surface area (Å²) >= 11 is 0. The SMILES string of the molecule is CC1CC(C)CC(CCN2CCCCC2C(=O)O)C1. The second-order valence-corrected chi connectivity index (χ2v) is 6.96. The molecule has 0 aromatic rings. The lowest BCUT2D eigenvalue weighted by molar-refractivity contribution is -0.144. The first kappa shape index (κ1) is 14.8. The van der Waals surface area contributed by atoms with Crippen molar-refractivity contribution in [1.82, 2.24) is 4.90 Å². The number of piperidine rings is 1. The number of nitrogens with zero attached hydrogens (tertiary/aromatic N) is 1. The second kappa shape index (κ2) is 6.74. The monoisotopic (exact) mass is 267 g/mol. The molecule has 2 fully saturated rings. The number of hydrogen-bond donors (Lipinski definition) is 1. The van der Waals surface area contributed by atoms with E-state index in [0.29, 0.717) is 0 Å². The van der Waals surface area contributed by atoms with Crippen LogP contribution in [0.1, 0.15) is 58.8 Å². The molecular weight excluding hydrogens is 238 g/mol. The summed E-state index contributed by atoms with van der Waals surface area (Å²) in [6.45, 7) is 6.70. The average molecular weight is 267 g/mol. The van der Waals surface area contributed by atoms with Gasteiger partial charge in [-0.15, -0.1) is 0 Å². The predicted molar refractivity (Wildman–Crippen MR) is 77.1 cm³/mol. The highest BCUT2D eigenvalue weighted by Gasteiger charge is 2.30. The van der Waals surface area contributed by atoms with Crippen molar-refractivity contribution in [2.75, 3.05) is 13.1 Å². The molecule has 3 heteroatoms. The van der Waals surface area contributed by atoms with Crippen LogP contribution < -0.4 is 0 Å². The maximum atomic E-state index is 11.3. The fourth-order valence-corrected chi connectivity index (χ4v) is 4.24. The zero-order valence-corrected chi connectivity index (χ0v) is 12.5. The predicted octanol–water partition coefficient (Wildman–Crippen LogP) is 3.39. The normalized spacial score (nSPS) is 37.2. The molecule has 1 heterocycles. The van der Waals surface area contributed by atoms with Gasteiger partial charge in [-0.1, -0.05) is 20.3 Å². The summed E-state index contributed by atoms with van der Waals surface area (Å²) in [4.78, 5) is 13.5. The third-order valence-electron chi connectivity index (χ3n) is 5.00. The molecule has 2 rings (SSSR count). The quantitative estimate of drug-likeness (QED) is 0.849.